The zero-order valence-corrected chi connectivity index (χ0v) is 13.9. The quantitative estimate of drug-likeness (QED) is 0.891. The van der Waals surface area contributed by atoms with Crippen molar-refractivity contribution in [2.75, 3.05) is 0 Å². The van der Waals surface area contributed by atoms with Gasteiger partial charge in [-0.1, -0.05) is 62.4 Å². The average molecular weight is 308 g/mol. The molecule has 3 heteroatoms. The second-order valence-electron chi connectivity index (χ2n) is 6.94. The molecule has 0 spiro atoms. The van der Waals surface area contributed by atoms with Crippen molar-refractivity contribution in [2.45, 2.75) is 39.9 Å². The number of rotatable bonds is 5. The molecular formula is C20H24N2O. The summed E-state index contributed by atoms with van der Waals surface area (Å²) < 4.78 is 0. The van der Waals surface area contributed by atoms with Crippen LogP contribution in [0.3, 0.4) is 0 Å². The lowest BCUT2D eigenvalue weighted by molar-refractivity contribution is -0.129. The molecule has 0 aromatic heterocycles. The van der Waals surface area contributed by atoms with Crippen molar-refractivity contribution in [1.82, 2.24) is 10.6 Å². The molecule has 0 atom stereocenters. The van der Waals surface area contributed by atoms with Gasteiger partial charge < -0.3 is 10.6 Å². The highest BCUT2D eigenvalue weighted by molar-refractivity contribution is 5.82. The molecule has 0 saturated heterocycles. The van der Waals surface area contributed by atoms with E-state index in [0.717, 1.165) is 25.1 Å². The molecule has 1 aliphatic rings. The molecule has 2 N–H and O–H groups in total. The van der Waals surface area contributed by atoms with Crippen molar-refractivity contribution in [2.24, 2.45) is 5.41 Å². The summed E-state index contributed by atoms with van der Waals surface area (Å²) in [7, 11) is 0. The molecule has 0 bridgehead atoms. The first-order valence-corrected chi connectivity index (χ1v) is 8.18. The summed E-state index contributed by atoms with van der Waals surface area (Å²) in [6, 6.07) is 16.6. The van der Waals surface area contributed by atoms with E-state index in [-0.39, 0.29) is 5.91 Å². The molecule has 1 amide bonds. The second-order valence-corrected chi connectivity index (χ2v) is 6.94. The lowest BCUT2D eigenvalue weighted by atomic mass is 9.85. The van der Waals surface area contributed by atoms with Crippen molar-refractivity contribution in [1.29, 1.82) is 0 Å². The van der Waals surface area contributed by atoms with Crippen molar-refractivity contribution in [3.8, 4) is 0 Å². The van der Waals surface area contributed by atoms with Crippen molar-refractivity contribution < 1.29 is 4.79 Å². The number of fused-ring (bicyclic) bond motifs is 1. The molecule has 120 valence electrons. The first-order valence-electron chi connectivity index (χ1n) is 8.18. The van der Waals surface area contributed by atoms with E-state index in [2.05, 4.69) is 41.0 Å². The van der Waals surface area contributed by atoms with Crippen LogP contribution in [0.4, 0.5) is 0 Å². The largest absolute Gasteiger partial charge is 0.352 e. The van der Waals surface area contributed by atoms with Crippen LogP contribution in [0.25, 0.3) is 0 Å². The van der Waals surface area contributed by atoms with Gasteiger partial charge in [0.1, 0.15) is 0 Å². The standard InChI is InChI=1S/C20H24N2O/c1-20(2,11-15-6-4-3-5-7-15)19(23)22-12-16-8-9-17-13-21-14-18(17)10-16/h3-10,21H,11-14H2,1-2H3,(H,22,23). The summed E-state index contributed by atoms with van der Waals surface area (Å²) in [5.41, 5.74) is 4.65. The van der Waals surface area contributed by atoms with Crippen LogP contribution in [0.2, 0.25) is 0 Å². The lowest BCUT2D eigenvalue weighted by Crippen LogP contribution is -2.38. The summed E-state index contributed by atoms with van der Waals surface area (Å²) in [5, 5.41) is 6.44. The van der Waals surface area contributed by atoms with Gasteiger partial charge >= 0.3 is 0 Å². The second kappa shape index (κ2) is 6.55. The fourth-order valence-corrected chi connectivity index (χ4v) is 3.07. The van der Waals surface area contributed by atoms with Gasteiger partial charge in [0.15, 0.2) is 0 Å². The predicted octanol–water partition coefficient (Wildman–Crippen LogP) is 3.17. The van der Waals surface area contributed by atoms with Crippen LogP contribution in [0.1, 0.15) is 36.1 Å². The minimum atomic E-state index is -0.417. The van der Waals surface area contributed by atoms with E-state index < -0.39 is 5.41 Å². The fraction of sp³-hybridized carbons (Fsp3) is 0.350. The molecule has 3 rings (SSSR count). The Morgan fingerprint density at radius 3 is 2.57 bits per heavy atom. The van der Waals surface area contributed by atoms with Crippen LogP contribution in [0.15, 0.2) is 48.5 Å². The van der Waals surface area contributed by atoms with E-state index in [0.29, 0.717) is 6.54 Å². The minimum Gasteiger partial charge on any atom is -0.352 e. The van der Waals surface area contributed by atoms with Crippen molar-refractivity contribution in [3.63, 3.8) is 0 Å². The molecule has 3 nitrogen and oxygen atoms in total. The molecule has 0 aliphatic carbocycles. The molecule has 23 heavy (non-hydrogen) atoms. The molecule has 0 fully saturated rings. The Morgan fingerprint density at radius 1 is 1.04 bits per heavy atom. The monoisotopic (exact) mass is 308 g/mol. The maximum Gasteiger partial charge on any atom is 0.226 e. The van der Waals surface area contributed by atoms with E-state index in [4.69, 9.17) is 0 Å². The number of carbonyl (C=O) groups is 1. The summed E-state index contributed by atoms with van der Waals surface area (Å²) >= 11 is 0. The Morgan fingerprint density at radius 2 is 1.78 bits per heavy atom. The molecular weight excluding hydrogens is 284 g/mol. The molecule has 1 aliphatic heterocycles. The normalized spacial score (nSPS) is 13.7. The molecule has 0 radical (unpaired) electrons. The fourth-order valence-electron chi connectivity index (χ4n) is 3.07. The van der Waals surface area contributed by atoms with Gasteiger partial charge in [0.05, 0.1) is 0 Å². The van der Waals surface area contributed by atoms with E-state index >= 15 is 0 Å². The lowest BCUT2D eigenvalue weighted by Gasteiger charge is -2.24. The number of carbonyl (C=O) groups excluding carboxylic acids is 1. The minimum absolute atomic E-state index is 0.0972. The van der Waals surface area contributed by atoms with Gasteiger partial charge in [-0.3, -0.25) is 4.79 Å². The van der Waals surface area contributed by atoms with Crippen LogP contribution in [0, 0.1) is 5.41 Å². The summed E-state index contributed by atoms with van der Waals surface area (Å²) in [4.78, 5) is 12.6. The third kappa shape index (κ3) is 3.80. The van der Waals surface area contributed by atoms with Gasteiger partial charge in [-0.15, -0.1) is 0 Å². The van der Waals surface area contributed by atoms with Crippen LogP contribution < -0.4 is 10.6 Å². The van der Waals surface area contributed by atoms with Gasteiger partial charge in [0.25, 0.3) is 0 Å². The molecule has 0 saturated carbocycles. The molecule has 2 aromatic rings. The smallest absolute Gasteiger partial charge is 0.226 e. The van der Waals surface area contributed by atoms with Crippen molar-refractivity contribution >= 4 is 5.91 Å². The SMILES string of the molecule is CC(C)(Cc1ccccc1)C(=O)NCc1ccc2c(c1)CNC2. The third-order valence-corrected chi connectivity index (χ3v) is 4.46. The Bertz CT molecular complexity index is 692. The Hall–Kier alpha value is -2.13. The Balaban J connectivity index is 1.60. The maximum absolute atomic E-state index is 12.6. The Kier molecular flexibility index (Phi) is 4.49. The van der Waals surface area contributed by atoms with E-state index in [1.807, 2.05) is 32.0 Å². The van der Waals surface area contributed by atoms with Crippen LogP contribution in [-0.4, -0.2) is 5.91 Å². The number of amides is 1. The maximum atomic E-state index is 12.6. The number of hydrogen-bond acceptors (Lipinski definition) is 2. The number of benzene rings is 2. The third-order valence-electron chi connectivity index (χ3n) is 4.46. The zero-order valence-electron chi connectivity index (χ0n) is 13.9. The zero-order chi connectivity index (χ0) is 16.3. The van der Waals surface area contributed by atoms with E-state index in [9.17, 15) is 4.79 Å². The van der Waals surface area contributed by atoms with Crippen molar-refractivity contribution in [3.05, 3.63) is 70.8 Å². The highest BCUT2D eigenvalue weighted by Crippen LogP contribution is 2.22. The first-order chi connectivity index (χ1) is 11.0. The Labute approximate surface area is 138 Å². The van der Waals surface area contributed by atoms with Gasteiger partial charge in [0.2, 0.25) is 5.91 Å². The molecule has 1 heterocycles. The number of nitrogens with one attached hydrogen (secondary N) is 2. The van der Waals surface area contributed by atoms with Crippen LogP contribution in [0.5, 0.6) is 0 Å². The van der Waals surface area contributed by atoms with Crippen LogP contribution in [-0.2, 0) is 30.8 Å². The number of hydrogen-bond donors (Lipinski definition) is 2. The van der Waals surface area contributed by atoms with Gasteiger partial charge in [0, 0.05) is 25.0 Å². The summed E-state index contributed by atoms with van der Waals surface area (Å²) in [6.07, 6.45) is 0.744. The summed E-state index contributed by atoms with van der Waals surface area (Å²) in [6.45, 7) is 6.47. The van der Waals surface area contributed by atoms with Gasteiger partial charge in [-0.2, -0.15) is 0 Å². The summed E-state index contributed by atoms with van der Waals surface area (Å²) in [5.74, 6) is 0.0972. The van der Waals surface area contributed by atoms with Gasteiger partial charge in [-0.05, 0) is 28.7 Å². The molecule has 0 unspecified atom stereocenters. The highest BCUT2D eigenvalue weighted by Gasteiger charge is 2.27. The van der Waals surface area contributed by atoms with Gasteiger partial charge in [-0.25, -0.2) is 0 Å². The highest BCUT2D eigenvalue weighted by atomic mass is 16.2. The van der Waals surface area contributed by atoms with E-state index in [1.54, 1.807) is 0 Å². The van der Waals surface area contributed by atoms with E-state index in [1.165, 1.54) is 16.7 Å². The predicted molar refractivity (Wildman–Crippen MR) is 92.8 cm³/mol. The topological polar surface area (TPSA) is 41.1 Å². The first kappa shape index (κ1) is 15.8. The van der Waals surface area contributed by atoms with Crippen LogP contribution >= 0.6 is 0 Å². The molecule has 2 aromatic carbocycles. The average Bonchev–Trinajstić information content (AvgIpc) is 3.00.